The maximum atomic E-state index is 13.4. The Kier molecular flexibility index (Phi) is 3.54. The molecule has 2 aromatic rings. The Morgan fingerprint density at radius 3 is 2.79 bits per heavy atom. The van der Waals surface area contributed by atoms with Crippen molar-refractivity contribution in [2.24, 2.45) is 0 Å². The summed E-state index contributed by atoms with van der Waals surface area (Å²) in [6.07, 6.45) is 1.62. The molecule has 3 aliphatic heterocycles. The summed E-state index contributed by atoms with van der Waals surface area (Å²) >= 11 is 0. The molecule has 2 saturated heterocycles. The maximum Gasteiger partial charge on any atom is 0.279 e. The Morgan fingerprint density at radius 2 is 2.04 bits per heavy atom. The van der Waals surface area contributed by atoms with Gasteiger partial charge in [0.25, 0.3) is 11.6 Å². The fraction of sp³-hybridized carbons (Fsp3) is 0.429. The summed E-state index contributed by atoms with van der Waals surface area (Å²) in [5.74, 6) is -0.907. The van der Waals surface area contributed by atoms with Crippen LogP contribution in [0.1, 0.15) is 50.1 Å². The molecule has 0 radical (unpaired) electrons. The van der Waals surface area contributed by atoms with E-state index in [1.807, 2.05) is 44.2 Å². The highest BCUT2D eigenvalue weighted by Gasteiger charge is 2.65. The lowest BCUT2D eigenvalue weighted by Gasteiger charge is -2.54. The third kappa shape index (κ3) is 2.00. The van der Waals surface area contributed by atoms with Gasteiger partial charge in [0, 0.05) is 28.7 Å². The molecule has 3 aliphatic rings. The number of nitrogens with one attached hydrogen (secondary N) is 1. The molecule has 0 spiro atoms. The third-order valence-corrected chi connectivity index (χ3v) is 6.21. The van der Waals surface area contributed by atoms with Crippen LogP contribution in [0, 0.1) is 0 Å². The number of aromatic nitrogens is 1. The van der Waals surface area contributed by atoms with Gasteiger partial charge in [-0.05, 0) is 32.8 Å². The number of H-pyrrole nitrogens is 1. The molecule has 2 amide bonds. The first-order chi connectivity index (χ1) is 13.4. The van der Waals surface area contributed by atoms with E-state index in [1.165, 1.54) is 9.80 Å². The molecule has 0 aliphatic carbocycles. The monoisotopic (exact) mass is 381 g/mol. The predicted octanol–water partition coefficient (Wildman–Crippen LogP) is 1.74. The van der Waals surface area contributed by atoms with Crippen molar-refractivity contribution in [3.05, 3.63) is 47.2 Å². The van der Waals surface area contributed by atoms with E-state index in [4.69, 9.17) is 0 Å². The van der Waals surface area contributed by atoms with Crippen molar-refractivity contribution in [1.82, 2.24) is 14.8 Å². The number of piperazine rings is 1. The van der Waals surface area contributed by atoms with Gasteiger partial charge in [0.1, 0.15) is 12.1 Å². The highest BCUT2D eigenvalue weighted by atomic mass is 16.4. The zero-order valence-corrected chi connectivity index (χ0v) is 15.8. The second kappa shape index (κ2) is 5.68. The number of para-hydroxylation sites is 1. The second-order valence-electron chi connectivity index (χ2n) is 8.18. The van der Waals surface area contributed by atoms with Crippen LogP contribution in [0.2, 0.25) is 0 Å². The van der Waals surface area contributed by atoms with Crippen molar-refractivity contribution in [2.45, 2.75) is 50.6 Å². The van der Waals surface area contributed by atoms with Crippen molar-refractivity contribution >= 4 is 22.7 Å². The predicted molar refractivity (Wildman–Crippen MR) is 102 cm³/mol. The van der Waals surface area contributed by atoms with Gasteiger partial charge in [0.15, 0.2) is 0 Å². The minimum Gasteiger partial charge on any atom is -0.383 e. The first-order valence-electron chi connectivity index (χ1n) is 9.66. The van der Waals surface area contributed by atoms with Gasteiger partial charge in [-0.15, -0.1) is 0 Å². The Hall–Kier alpha value is -2.64. The molecular weight excluding hydrogens is 358 g/mol. The van der Waals surface area contributed by atoms with E-state index in [0.29, 0.717) is 30.6 Å². The first-order valence-corrected chi connectivity index (χ1v) is 9.66. The summed E-state index contributed by atoms with van der Waals surface area (Å²) < 4.78 is 0. The van der Waals surface area contributed by atoms with Crippen LogP contribution in [-0.4, -0.2) is 55.1 Å². The number of fused-ring (bicyclic) bond motifs is 5. The van der Waals surface area contributed by atoms with Crippen LogP contribution < -0.4 is 0 Å². The van der Waals surface area contributed by atoms with Gasteiger partial charge in [0.2, 0.25) is 5.91 Å². The second-order valence-corrected chi connectivity index (χ2v) is 8.18. The van der Waals surface area contributed by atoms with Crippen molar-refractivity contribution in [1.29, 1.82) is 0 Å². The Balaban J connectivity index is 1.82. The normalized spacial score (nSPS) is 31.6. The quantitative estimate of drug-likeness (QED) is 0.656. The number of hydrogen-bond donors (Lipinski definition) is 3. The van der Waals surface area contributed by atoms with E-state index >= 15 is 0 Å². The van der Waals surface area contributed by atoms with Crippen LogP contribution in [0.5, 0.6) is 0 Å². The van der Waals surface area contributed by atoms with Crippen LogP contribution in [0.25, 0.3) is 10.9 Å². The van der Waals surface area contributed by atoms with Gasteiger partial charge < -0.3 is 20.1 Å². The van der Waals surface area contributed by atoms with Crippen LogP contribution in [-0.2, 0) is 9.59 Å². The topological polar surface area (TPSA) is 96.9 Å². The fourth-order valence-electron chi connectivity index (χ4n) is 5.02. The fourth-order valence-corrected chi connectivity index (χ4v) is 5.02. The summed E-state index contributed by atoms with van der Waals surface area (Å²) in [5, 5.41) is 23.5. The average molecular weight is 381 g/mol. The largest absolute Gasteiger partial charge is 0.383 e. The molecule has 4 atom stereocenters. The van der Waals surface area contributed by atoms with E-state index in [0.717, 1.165) is 16.5 Å². The molecule has 2 unspecified atom stereocenters. The SMILES string of the molecule is CC(C)=C[C@H]1c2[nH]c3ccccc3c2C(O)C2(O)C(=O)N3CCC[C@H]3C(=O)N12. The molecule has 28 heavy (non-hydrogen) atoms. The minimum atomic E-state index is -2.31. The number of aliphatic hydroxyl groups excluding tert-OH is 1. The lowest BCUT2D eigenvalue weighted by Crippen LogP contribution is -2.74. The van der Waals surface area contributed by atoms with Crippen LogP contribution in [0.3, 0.4) is 0 Å². The maximum absolute atomic E-state index is 13.4. The van der Waals surface area contributed by atoms with Gasteiger partial charge in [-0.1, -0.05) is 29.8 Å². The number of carbonyl (C=O) groups is 2. The molecule has 0 bridgehead atoms. The number of aromatic amines is 1. The minimum absolute atomic E-state index is 0.314. The summed E-state index contributed by atoms with van der Waals surface area (Å²) in [6.45, 7) is 4.24. The molecule has 3 N–H and O–H groups in total. The van der Waals surface area contributed by atoms with E-state index in [-0.39, 0.29) is 5.91 Å². The molecule has 5 rings (SSSR count). The smallest absolute Gasteiger partial charge is 0.279 e. The molecule has 7 heteroatoms. The van der Waals surface area contributed by atoms with E-state index in [1.54, 1.807) is 0 Å². The number of hydrogen-bond acceptors (Lipinski definition) is 4. The Labute approximate surface area is 162 Å². The lowest BCUT2D eigenvalue weighted by molar-refractivity contribution is -0.229. The molecule has 1 aromatic carbocycles. The van der Waals surface area contributed by atoms with Gasteiger partial charge in [0.05, 0.1) is 6.04 Å². The van der Waals surface area contributed by atoms with Gasteiger partial charge in [-0.2, -0.15) is 0 Å². The van der Waals surface area contributed by atoms with Crippen molar-refractivity contribution in [3.63, 3.8) is 0 Å². The average Bonchev–Trinajstić information content (AvgIpc) is 3.29. The molecular formula is C21H23N3O4. The van der Waals surface area contributed by atoms with Crippen LogP contribution >= 0.6 is 0 Å². The van der Waals surface area contributed by atoms with E-state index < -0.39 is 29.8 Å². The van der Waals surface area contributed by atoms with Gasteiger partial charge in [-0.3, -0.25) is 14.5 Å². The zero-order valence-electron chi connectivity index (χ0n) is 15.8. The van der Waals surface area contributed by atoms with Gasteiger partial charge in [-0.25, -0.2) is 0 Å². The lowest BCUT2D eigenvalue weighted by atomic mass is 9.82. The Morgan fingerprint density at radius 1 is 1.29 bits per heavy atom. The highest BCUT2D eigenvalue weighted by molar-refractivity contribution is 6.01. The van der Waals surface area contributed by atoms with Crippen LogP contribution in [0.15, 0.2) is 35.9 Å². The molecule has 4 heterocycles. The molecule has 7 nitrogen and oxygen atoms in total. The number of amides is 2. The Bertz CT molecular complexity index is 1040. The molecule has 0 saturated carbocycles. The van der Waals surface area contributed by atoms with E-state index in [9.17, 15) is 19.8 Å². The number of benzene rings is 1. The summed E-state index contributed by atoms with van der Waals surface area (Å²) in [6, 6.07) is 6.23. The number of aliphatic hydroxyl groups is 2. The highest BCUT2D eigenvalue weighted by Crippen LogP contribution is 2.51. The number of allylic oxidation sites excluding steroid dienone is 1. The number of nitrogens with zero attached hydrogens (tertiary/aromatic N) is 2. The summed E-state index contributed by atoms with van der Waals surface area (Å²) in [7, 11) is 0. The third-order valence-electron chi connectivity index (χ3n) is 6.21. The van der Waals surface area contributed by atoms with Gasteiger partial charge >= 0.3 is 0 Å². The standard InChI is InChI=1S/C21H23N3O4/c1-11(2)10-15-17-16(12-6-3-4-7-13(12)22-17)18(25)21(28)20(27)23-9-5-8-14(23)19(26)24(15)21/h3-4,6-7,10,14-15,18,22,25,28H,5,8-9H2,1-2H3/t14-,15-,18?,21?/m0/s1. The summed E-state index contributed by atoms with van der Waals surface area (Å²) in [4.78, 5) is 32.6. The van der Waals surface area contributed by atoms with Crippen LogP contribution in [0.4, 0.5) is 0 Å². The van der Waals surface area contributed by atoms with Crippen molar-refractivity contribution in [3.8, 4) is 0 Å². The summed E-state index contributed by atoms with van der Waals surface area (Å²) in [5.41, 5.74) is 0.555. The van der Waals surface area contributed by atoms with E-state index in [2.05, 4.69) is 4.98 Å². The van der Waals surface area contributed by atoms with Crippen molar-refractivity contribution in [2.75, 3.05) is 6.54 Å². The zero-order chi connectivity index (χ0) is 19.8. The number of carbonyl (C=O) groups excluding carboxylic acids is 2. The molecule has 2 fully saturated rings. The first kappa shape index (κ1) is 17.5. The molecule has 1 aromatic heterocycles. The molecule has 146 valence electrons. The number of rotatable bonds is 1. The van der Waals surface area contributed by atoms with Crippen molar-refractivity contribution < 1.29 is 19.8 Å².